The van der Waals surface area contributed by atoms with Crippen LogP contribution in [0, 0.1) is 0 Å². The highest BCUT2D eigenvalue weighted by Gasteiger charge is 2.28. The average Bonchev–Trinajstić information content (AvgIpc) is 3.50. The molecule has 1 fully saturated rings. The van der Waals surface area contributed by atoms with Crippen LogP contribution in [0.4, 0.5) is 5.69 Å². The van der Waals surface area contributed by atoms with Gasteiger partial charge in [0.25, 0.3) is 5.91 Å². The second-order valence-corrected chi connectivity index (χ2v) is 9.02. The van der Waals surface area contributed by atoms with Gasteiger partial charge < -0.3 is 10.1 Å². The number of hydrogen-bond donors (Lipinski definition) is 1. The molecule has 0 aliphatic heterocycles. The monoisotopic (exact) mass is 491 g/mol. The molecule has 0 saturated heterocycles. The minimum Gasteiger partial charge on any atom is -0.497 e. The fourth-order valence-corrected chi connectivity index (χ4v) is 4.28. The molecule has 1 aliphatic carbocycles. The molecule has 0 unspecified atom stereocenters. The van der Waals surface area contributed by atoms with E-state index < -0.39 is 0 Å². The fourth-order valence-electron chi connectivity index (χ4n) is 4.28. The van der Waals surface area contributed by atoms with Gasteiger partial charge in [-0.05, 0) is 65.2 Å². The molecule has 37 heavy (non-hydrogen) atoms. The molecule has 184 valence electrons. The van der Waals surface area contributed by atoms with Crippen molar-refractivity contribution in [3.05, 3.63) is 96.2 Å². The highest BCUT2D eigenvalue weighted by atomic mass is 16.5. The molecule has 1 N–H and O–H groups in total. The number of methoxy groups -OCH3 is 1. The zero-order valence-corrected chi connectivity index (χ0v) is 20.3. The Hall–Kier alpha value is -4.79. The van der Waals surface area contributed by atoms with Crippen molar-refractivity contribution < 1.29 is 9.53 Å². The fraction of sp³-hybridized carbons (Fsp3) is 0.179. The Morgan fingerprint density at radius 2 is 1.81 bits per heavy atom. The molecule has 9 heteroatoms. The van der Waals surface area contributed by atoms with Crippen LogP contribution in [-0.4, -0.2) is 43.0 Å². The first kappa shape index (κ1) is 22.7. The predicted octanol–water partition coefficient (Wildman–Crippen LogP) is 4.85. The third kappa shape index (κ3) is 4.84. The Bertz CT molecular complexity index is 1540. The number of anilines is 1. The molecule has 0 spiro atoms. The maximum Gasteiger partial charge on any atom is 0.259 e. The van der Waals surface area contributed by atoms with Crippen molar-refractivity contribution in [1.29, 1.82) is 0 Å². The summed E-state index contributed by atoms with van der Waals surface area (Å²) in [6.07, 6.45) is 3.95. The van der Waals surface area contributed by atoms with Crippen LogP contribution < -0.4 is 10.1 Å². The van der Waals surface area contributed by atoms with Gasteiger partial charge in [0.05, 0.1) is 25.3 Å². The molecular weight excluding hydrogens is 466 g/mol. The Kier molecular flexibility index (Phi) is 5.94. The Balaban J connectivity index is 1.31. The smallest absolute Gasteiger partial charge is 0.259 e. The van der Waals surface area contributed by atoms with Crippen LogP contribution in [0.2, 0.25) is 0 Å². The van der Waals surface area contributed by atoms with Gasteiger partial charge in [-0.1, -0.05) is 42.5 Å². The van der Waals surface area contributed by atoms with Crippen LogP contribution in [0.25, 0.3) is 22.6 Å². The summed E-state index contributed by atoms with van der Waals surface area (Å²) < 4.78 is 8.95. The van der Waals surface area contributed by atoms with Crippen LogP contribution in [0.5, 0.6) is 5.75 Å². The number of nitrogens with zero attached hydrogens (tertiary/aromatic N) is 6. The molecule has 3 aromatic carbocycles. The lowest BCUT2D eigenvalue weighted by Crippen LogP contribution is -2.12. The number of rotatable bonds is 8. The lowest BCUT2D eigenvalue weighted by atomic mass is 10.1. The largest absolute Gasteiger partial charge is 0.497 e. The topological polar surface area (TPSA) is 99.8 Å². The predicted molar refractivity (Wildman–Crippen MR) is 139 cm³/mol. The number of ether oxygens (including phenoxy) is 1. The summed E-state index contributed by atoms with van der Waals surface area (Å²) in [5.41, 5.74) is 4.52. The van der Waals surface area contributed by atoms with E-state index in [-0.39, 0.29) is 5.91 Å². The molecule has 9 nitrogen and oxygen atoms in total. The van der Waals surface area contributed by atoms with Crippen molar-refractivity contribution in [2.24, 2.45) is 0 Å². The molecule has 0 radical (unpaired) electrons. The second kappa shape index (κ2) is 9.69. The van der Waals surface area contributed by atoms with Gasteiger partial charge in [-0.3, -0.25) is 9.48 Å². The van der Waals surface area contributed by atoms with Crippen molar-refractivity contribution in [2.75, 3.05) is 12.4 Å². The van der Waals surface area contributed by atoms with E-state index in [0.717, 1.165) is 35.3 Å². The highest BCUT2D eigenvalue weighted by Crippen LogP contribution is 2.37. The summed E-state index contributed by atoms with van der Waals surface area (Å²) in [7, 11) is 1.62. The van der Waals surface area contributed by atoms with Gasteiger partial charge in [0, 0.05) is 23.0 Å². The third-order valence-electron chi connectivity index (χ3n) is 6.32. The van der Waals surface area contributed by atoms with Crippen molar-refractivity contribution in [1.82, 2.24) is 30.0 Å². The lowest BCUT2D eigenvalue weighted by Gasteiger charge is -2.08. The van der Waals surface area contributed by atoms with Crippen LogP contribution in [0.15, 0.2) is 85.1 Å². The van der Waals surface area contributed by atoms with Crippen molar-refractivity contribution in [3.63, 3.8) is 0 Å². The lowest BCUT2D eigenvalue weighted by molar-refractivity contribution is 0.102. The number of benzene rings is 3. The Labute approximate surface area is 213 Å². The van der Waals surface area contributed by atoms with Gasteiger partial charge in [-0.15, -0.1) is 5.10 Å². The van der Waals surface area contributed by atoms with E-state index in [4.69, 9.17) is 9.84 Å². The van der Waals surface area contributed by atoms with E-state index in [0.29, 0.717) is 35.4 Å². The van der Waals surface area contributed by atoms with E-state index in [1.54, 1.807) is 18.0 Å². The second-order valence-electron chi connectivity index (χ2n) is 9.02. The van der Waals surface area contributed by atoms with Gasteiger partial charge in [-0.2, -0.15) is 5.10 Å². The number of aromatic nitrogens is 6. The summed E-state index contributed by atoms with van der Waals surface area (Å²) in [6, 6.07) is 25.5. The highest BCUT2D eigenvalue weighted by molar-refractivity contribution is 6.08. The zero-order valence-electron chi connectivity index (χ0n) is 20.3. The number of carbonyl (C=O) groups is 1. The van der Waals surface area contributed by atoms with Crippen molar-refractivity contribution in [2.45, 2.75) is 25.4 Å². The minimum absolute atomic E-state index is 0.246. The van der Waals surface area contributed by atoms with E-state index >= 15 is 0 Å². The first-order valence-electron chi connectivity index (χ1n) is 12.1. The molecule has 2 heterocycles. The van der Waals surface area contributed by atoms with E-state index in [1.807, 2.05) is 83.5 Å². The average molecular weight is 492 g/mol. The molecule has 1 aliphatic rings. The number of amides is 1. The van der Waals surface area contributed by atoms with E-state index in [2.05, 4.69) is 20.8 Å². The summed E-state index contributed by atoms with van der Waals surface area (Å²) in [6.45, 7) is 0.552. The molecule has 0 atom stereocenters. The maximum atomic E-state index is 13.5. The number of hydrogen-bond acceptors (Lipinski definition) is 6. The Morgan fingerprint density at radius 3 is 2.57 bits per heavy atom. The van der Waals surface area contributed by atoms with Gasteiger partial charge >= 0.3 is 0 Å². The van der Waals surface area contributed by atoms with Crippen LogP contribution in [0.1, 0.15) is 34.8 Å². The number of tetrazole rings is 1. The molecule has 5 aromatic rings. The number of nitrogens with one attached hydrogen (secondary N) is 1. The quantitative estimate of drug-likeness (QED) is 0.333. The van der Waals surface area contributed by atoms with Crippen molar-refractivity contribution in [3.8, 4) is 28.4 Å². The molecule has 2 aromatic heterocycles. The molecular formula is C28H25N7O2. The summed E-state index contributed by atoms with van der Waals surface area (Å²) >= 11 is 0. The van der Waals surface area contributed by atoms with Crippen LogP contribution in [0.3, 0.4) is 0 Å². The van der Waals surface area contributed by atoms with Crippen LogP contribution >= 0.6 is 0 Å². The zero-order chi connectivity index (χ0) is 25.2. The first-order chi connectivity index (χ1) is 18.2. The van der Waals surface area contributed by atoms with Gasteiger partial charge in [0.15, 0.2) is 5.82 Å². The first-order valence-corrected chi connectivity index (χ1v) is 12.1. The van der Waals surface area contributed by atoms with E-state index in [9.17, 15) is 4.79 Å². The summed E-state index contributed by atoms with van der Waals surface area (Å²) in [5.74, 6) is 1.20. The maximum absolute atomic E-state index is 13.5. The molecule has 1 saturated carbocycles. The van der Waals surface area contributed by atoms with E-state index in [1.165, 1.54) is 0 Å². The molecule has 1 amide bonds. The number of carbonyl (C=O) groups excluding carboxylic acids is 1. The Morgan fingerprint density at radius 1 is 1.00 bits per heavy atom. The summed E-state index contributed by atoms with van der Waals surface area (Å²) in [4.78, 5) is 13.5. The van der Waals surface area contributed by atoms with Crippen LogP contribution in [-0.2, 0) is 6.54 Å². The standard InChI is InChI=1S/C28H25N7O2/c1-37-24-14-10-20(11-15-24)26-25(18-34(31-26)17-19-6-3-2-4-7-19)28(36)29-22-9-5-8-21(16-22)27-30-32-33-35(27)23-12-13-23/h2-11,14-16,18,23H,12-13,17H2,1H3,(H,29,36). The third-order valence-corrected chi connectivity index (χ3v) is 6.32. The van der Waals surface area contributed by atoms with Gasteiger partial charge in [0.1, 0.15) is 11.4 Å². The van der Waals surface area contributed by atoms with Gasteiger partial charge in [-0.25, -0.2) is 4.68 Å². The van der Waals surface area contributed by atoms with Gasteiger partial charge in [0.2, 0.25) is 0 Å². The molecule has 0 bridgehead atoms. The summed E-state index contributed by atoms with van der Waals surface area (Å²) in [5, 5.41) is 20.0. The SMILES string of the molecule is COc1ccc(-c2nn(Cc3ccccc3)cc2C(=O)Nc2cccc(-c3nnnn3C3CC3)c2)cc1. The normalized spacial score (nSPS) is 12.9. The minimum atomic E-state index is -0.246. The molecule has 6 rings (SSSR count). The van der Waals surface area contributed by atoms with Crippen molar-refractivity contribution >= 4 is 11.6 Å².